The van der Waals surface area contributed by atoms with Crippen LogP contribution in [0.25, 0.3) is 0 Å². The Morgan fingerprint density at radius 2 is 1.62 bits per heavy atom. The van der Waals surface area contributed by atoms with E-state index in [2.05, 4.69) is 20.6 Å². The molecule has 0 aliphatic rings. The van der Waals surface area contributed by atoms with Crippen molar-refractivity contribution in [2.75, 3.05) is 16.3 Å². The zero-order valence-electron chi connectivity index (χ0n) is 13.3. The van der Waals surface area contributed by atoms with Gasteiger partial charge in [0, 0.05) is 11.4 Å². The minimum atomic E-state index is -3.28. The number of rotatable bonds is 5. The van der Waals surface area contributed by atoms with Crippen LogP contribution in [-0.4, -0.2) is 25.5 Å². The third kappa shape index (κ3) is 5.98. The topological polar surface area (TPSA) is 82.6 Å². The summed E-state index contributed by atoms with van der Waals surface area (Å²) in [6.07, 6.45) is 1.11. The van der Waals surface area contributed by atoms with Gasteiger partial charge in [-0.05, 0) is 49.0 Å². The first-order chi connectivity index (χ1) is 11.3. The molecule has 2 aromatic carbocycles. The third-order valence-corrected chi connectivity index (χ3v) is 3.76. The van der Waals surface area contributed by atoms with E-state index < -0.39 is 10.0 Å². The van der Waals surface area contributed by atoms with E-state index >= 15 is 0 Å². The fraction of sp³-hybridized carbons (Fsp3) is 0.125. The molecule has 0 radical (unpaired) electrons. The number of para-hydroxylation sites is 1. The van der Waals surface area contributed by atoms with Crippen molar-refractivity contribution in [2.24, 2.45) is 5.10 Å². The van der Waals surface area contributed by atoms with Crippen molar-refractivity contribution in [3.63, 3.8) is 0 Å². The Morgan fingerprint density at radius 1 is 1.00 bits per heavy atom. The first-order valence-corrected chi connectivity index (χ1v) is 9.38. The second-order valence-corrected chi connectivity index (χ2v) is 7.24. The lowest BCUT2D eigenvalue weighted by Crippen LogP contribution is -2.24. The highest BCUT2D eigenvalue weighted by Gasteiger charge is 2.03. The Hall–Kier alpha value is -2.45. The summed E-state index contributed by atoms with van der Waals surface area (Å²) in [7, 11) is -3.28. The molecule has 0 heterocycles. The van der Waals surface area contributed by atoms with Crippen molar-refractivity contribution in [1.82, 2.24) is 5.43 Å². The molecule has 0 unspecified atom stereocenters. The number of sulfonamides is 1. The zero-order valence-corrected chi connectivity index (χ0v) is 14.9. The highest BCUT2D eigenvalue weighted by molar-refractivity contribution is 7.92. The summed E-state index contributed by atoms with van der Waals surface area (Å²) in [5, 5.41) is 7.62. The third-order valence-electron chi connectivity index (χ3n) is 2.96. The van der Waals surface area contributed by atoms with Crippen LogP contribution in [0.4, 0.5) is 11.4 Å². The molecule has 0 fully saturated rings. The minimum absolute atomic E-state index is 0.385. The summed E-state index contributed by atoms with van der Waals surface area (Å²) in [6, 6.07) is 16.5. The van der Waals surface area contributed by atoms with Gasteiger partial charge in [0.2, 0.25) is 10.0 Å². The molecule has 0 saturated heterocycles. The number of anilines is 2. The van der Waals surface area contributed by atoms with Gasteiger partial charge in [0.05, 0.1) is 12.0 Å². The summed E-state index contributed by atoms with van der Waals surface area (Å²) >= 11 is 5.18. The molecule has 6 nitrogen and oxygen atoms in total. The molecule has 0 bridgehead atoms. The number of nitrogens with one attached hydrogen (secondary N) is 3. The number of hydrazone groups is 1. The number of benzene rings is 2. The molecule has 0 spiro atoms. The first kappa shape index (κ1) is 17.9. The van der Waals surface area contributed by atoms with Gasteiger partial charge >= 0.3 is 0 Å². The Bertz CT molecular complexity index is 832. The second-order valence-electron chi connectivity index (χ2n) is 5.08. The number of hydrogen-bond acceptors (Lipinski definition) is 4. The molecule has 3 N–H and O–H groups in total. The van der Waals surface area contributed by atoms with Crippen LogP contribution in [0.1, 0.15) is 12.5 Å². The van der Waals surface area contributed by atoms with Crippen LogP contribution in [-0.2, 0) is 10.0 Å². The van der Waals surface area contributed by atoms with Crippen LogP contribution in [0.2, 0.25) is 0 Å². The van der Waals surface area contributed by atoms with E-state index in [0.29, 0.717) is 10.8 Å². The largest absolute Gasteiger partial charge is 0.331 e. The number of nitrogens with zero attached hydrogens (tertiary/aromatic N) is 1. The lowest BCUT2D eigenvalue weighted by molar-refractivity contribution is 0.607. The molecule has 2 rings (SSSR count). The average molecular weight is 362 g/mol. The van der Waals surface area contributed by atoms with Gasteiger partial charge in [-0.3, -0.25) is 10.1 Å². The van der Waals surface area contributed by atoms with E-state index in [-0.39, 0.29) is 0 Å². The summed E-state index contributed by atoms with van der Waals surface area (Å²) in [5.41, 5.74) is 5.73. The zero-order chi connectivity index (χ0) is 17.6. The van der Waals surface area contributed by atoms with E-state index in [9.17, 15) is 8.42 Å². The van der Waals surface area contributed by atoms with E-state index in [1.54, 1.807) is 24.3 Å². The highest BCUT2D eigenvalue weighted by Crippen LogP contribution is 2.11. The molecule has 0 aliphatic heterocycles. The number of thiocarbonyl (C=S) groups is 1. The fourth-order valence-electron chi connectivity index (χ4n) is 1.87. The van der Waals surface area contributed by atoms with Crippen LogP contribution in [0.15, 0.2) is 59.7 Å². The van der Waals surface area contributed by atoms with E-state index in [4.69, 9.17) is 12.2 Å². The Balaban J connectivity index is 1.96. The Labute approximate surface area is 147 Å². The fourth-order valence-corrected chi connectivity index (χ4v) is 2.60. The molecule has 0 aromatic heterocycles. The van der Waals surface area contributed by atoms with Gasteiger partial charge in [-0.25, -0.2) is 8.42 Å². The van der Waals surface area contributed by atoms with E-state index in [1.807, 2.05) is 37.3 Å². The maximum Gasteiger partial charge on any atom is 0.229 e. The average Bonchev–Trinajstić information content (AvgIpc) is 2.53. The predicted octanol–water partition coefficient (Wildman–Crippen LogP) is 2.77. The number of hydrogen-bond donors (Lipinski definition) is 3. The Morgan fingerprint density at radius 3 is 2.21 bits per heavy atom. The van der Waals surface area contributed by atoms with Gasteiger partial charge in [0.25, 0.3) is 0 Å². The summed E-state index contributed by atoms with van der Waals surface area (Å²) < 4.78 is 24.8. The molecular formula is C16H18N4O2S2. The minimum Gasteiger partial charge on any atom is -0.331 e. The maximum atomic E-state index is 11.2. The van der Waals surface area contributed by atoms with Crippen LogP contribution in [0, 0.1) is 0 Å². The molecule has 0 aliphatic carbocycles. The first-order valence-electron chi connectivity index (χ1n) is 7.08. The van der Waals surface area contributed by atoms with Crippen molar-refractivity contribution in [1.29, 1.82) is 0 Å². The SMILES string of the molecule is C/C(=N/NC(=S)Nc1ccccc1)c1ccc(NS(C)(=O)=O)cc1. The quantitative estimate of drug-likeness (QED) is 0.433. The summed E-state index contributed by atoms with van der Waals surface area (Å²) in [6.45, 7) is 1.83. The monoisotopic (exact) mass is 362 g/mol. The van der Waals surface area contributed by atoms with Gasteiger partial charge in [-0.15, -0.1) is 0 Å². The lowest BCUT2D eigenvalue weighted by atomic mass is 10.1. The van der Waals surface area contributed by atoms with Crippen LogP contribution < -0.4 is 15.5 Å². The smallest absolute Gasteiger partial charge is 0.229 e. The molecule has 24 heavy (non-hydrogen) atoms. The van der Waals surface area contributed by atoms with Crippen LogP contribution >= 0.6 is 12.2 Å². The van der Waals surface area contributed by atoms with Crippen molar-refractivity contribution >= 4 is 44.4 Å². The summed E-state index contributed by atoms with van der Waals surface area (Å²) in [5.74, 6) is 0. The normalized spacial score (nSPS) is 11.7. The van der Waals surface area contributed by atoms with E-state index in [1.165, 1.54) is 0 Å². The van der Waals surface area contributed by atoms with Crippen molar-refractivity contribution < 1.29 is 8.42 Å². The van der Waals surface area contributed by atoms with E-state index in [0.717, 1.165) is 23.2 Å². The van der Waals surface area contributed by atoms with Crippen LogP contribution in [0.5, 0.6) is 0 Å². The molecule has 0 amide bonds. The molecule has 0 atom stereocenters. The van der Waals surface area contributed by atoms with Gasteiger partial charge in [-0.1, -0.05) is 30.3 Å². The van der Waals surface area contributed by atoms with Crippen molar-refractivity contribution in [2.45, 2.75) is 6.92 Å². The van der Waals surface area contributed by atoms with Gasteiger partial charge < -0.3 is 5.32 Å². The molecule has 2 aromatic rings. The van der Waals surface area contributed by atoms with Crippen molar-refractivity contribution in [3.05, 3.63) is 60.2 Å². The maximum absolute atomic E-state index is 11.2. The molecule has 8 heteroatoms. The van der Waals surface area contributed by atoms with Gasteiger partial charge in [0.15, 0.2) is 5.11 Å². The van der Waals surface area contributed by atoms with Gasteiger partial charge in [-0.2, -0.15) is 5.10 Å². The van der Waals surface area contributed by atoms with Gasteiger partial charge in [0.1, 0.15) is 0 Å². The molecule has 126 valence electrons. The lowest BCUT2D eigenvalue weighted by Gasteiger charge is -2.08. The van der Waals surface area contributed by atoms with Crippen molar-refractivity contribution in [3.8, 4) is 0 Å². The molecular weight excluding hydrogens is 344 g/mol. The standard InChI is InChI=1S/C16H18N4O2S2/c1-12(13-8-10-15(11-9-13)20-24(2,21)22)18-19-16(23)17-14-6-4-3-5-7-14/h3-11,20H,1-2H3,(H2,17,19,23)/b18-12-. The highest BCUT2D eigenvalue weighted by atomic mass is 32.2. The van der Waals surface area contributed by atoms with Crippen LogP contribution in [0.3, 0.4) is 0 Å². The Kier molecular flexibility index (Phi) is 5.88. The summed E-state index contributed by atoms with van der Waals surface area (Å²) in [4.78, 5) is 0. The predicted molar refractivity (Wildman–Crippen MR) is 103 cm³/mol. The molecule has 0 saturated carbocycles. The second kappa shape index (κ2) is 7.89.